The van der Waals surface area contributed by atoms with Crippen LogP contribution in [-0.4, -0.2) is 28.8 Å². The summed E-state index contributed by atoms with van der Waals surface area (Å²) >= 11 is 0. The van der Waals surface area contributed by atoms with E-state index in [0.29, 0.717) is 5.56 Å². The Labute approximate surface area is 110 Å². The summed E-state index contributed by atoms with van der Waals surface area (Å²) < 4.78 is 0. The standard InChI is InChI=1S/C14H15NO4/c1-8-10(7-11(14(18)19)13(17)15-8)12(16)9-5-3-2-4-6-9/h2-6,8,10-11H,7H2,1H3,(H,15,17)(H,18,19). The molecule has 1 amide bonds. The fourth-order valence-electron chi connectivity index (χ4n) is 2.35. The van der Waals surface area contributed by atoms with Gasteiger partial charge in [-0.1, -0.05) is 30.3 Å². The molecule has 1 fully saturated rings. The van der Waals surface area contributed by atoms with Crippen molar-refractivity contribution in [1.82, 2.24) is 5.32 Å². The second-order valence-corrected chi connectivity index (χ2v) is 4.76. The Morgan fingerprint density at radius 1 is 1.26 bits per heavy atom. The van der Waals surface area contributed by atoms with Gasteiger partial charge in [-0.05, 0) is 13.3 Å². The van der Waals surface area contributed by atoms with Crippen molar-refractivity contribution >= 4 is 17.7 Å². The Hall–Kier alpha value is -2.17. The van der Waals surface area contributed by atoms with E-state index in [1.165, 1.54) is 0 Å². The summed E-state index contributed by atoms with van der Waals surface area (Å²) in [5.41, 5.74) is 0.541. The van der Waals surface area contributed by atoms with Crippen molar-refractivity contribution < 1.29 is 19.5 Å². The highest BCUT2D eigenvalue weighted by Gasteiger charge is 2.40. The van der Waals surface area contributed by atoms with Crippen LogP contribution in [0, 0.1) is 11.8 Å². The highest BCUT2D eigenvalue weighted by atomic mass is 16.4. The molecule has 0 aliphatic carbocycles. The minimum Gasteiger partial charge on any atom is -0.481 e. The SMILES string of the molecule is CC1NC(=O)C(C(=O)O)CC1C(=O)c1ccccc1. The number of carbonyl (C=O) groups is 3. The van der Waals surface area contributed by atoms with Gasteiger partial charge in [0, 0.05) is 17.5 Å². The van der Waals surface area contributed by atoms with Crippen molar-refractivity contribution in [2.45, 2.75) is 19.4 Å². The number of piperidine rings is 1. The number of nitrogens with one attached hydrogen (secondary N) is 1. The van der Waals surface area contributed by atoms with Gasteiger partial charge in [-0.3, -0.25) is 14.4 Å². The molecule has 0 saturated carbocycles. The molecule has 0 bridgehead atoms. The zero-order valence-corrected chi connectivity index (χ0v) is 10.5. The van der Waals surface area contributed by atoms with Gasteiger partial charge in [0.15, 0.2) is 5.78 Å². The molecule has 1 heterocycles. The number of carboxylic acids is 1. The smallest absolute Gasteiger partial charge is 0.316 e. The van der Waals surface area contributed by atoms with Crippen LogP contribution in [0.3, 0.4) is 0 Å². The summed E-state index contributed by atoms with van der Waals surface area (Å²) in [6, 6.07) is 8.36. The Kier molecular flexibility index (Phi) is 3.64. The van der Waals surface area contributed by atoms with Crippen LogP contribution in [0.1, 0.15) is 23.7 Å². The molecule has 0 spiro atoms. The van der Waals surface area contributed by atoms with E-state index in [0.717, 1.165) is 0 Å². The summed E-state index contributed by atoms with van der Waals surface area (Å²) in [7, 11) is 0. The Morgan fingerprint density at radius 3 is 2.47 bits per heavy atom. The van der Waals surface area contributed by atoms with Gasteiger partial charge in [-0.15, -0.1) is 0 Å². The van der Waals surface area contributed by atoms with Crippen LogP contribution in [0.4, 0.5) is 0 Å². The number of amides is 1. The fraction of sp³-hybridized carbons (Fsp3) is 0.357. The summed E-state index contributed by atoms with van der Waals surface area (Å²) in [5.74, 6) is -3.47. The highest BCUT2D eigenvalue weighted by molar-refractivity contribution is 6.03. The van der Waals surface area contributed by atoms with Crippen LogP contribution in [0.2, 0.25) is 0 Å². The van der Waals surface area contributed by atoms with Crippen molar-refractivity contribution in [1.29, 1.82) is 0 Å². The molecule has 1 aromatic rings. The first kappa shape index (κ1) is 13.3. The van der Waals surface area contributed by atoms with E-state index < -0.39 is 23.7 Å². The maximum Gasteiger partial charge on any atom is 0.316 e. The molecule has 0 radical (unpaired) electrons. The van der Waals surface area contributed by atoms with E-state index in [1.54, 1.807) is 31.2 Å². The predicted molar refractivity (Wildman–Crippen MR) is 67.6 cm³/mol. The fourth-order valence-corrected chi connectivity index (χ4v) is 2.35. The summed E-state index contributed by atoms with van der Waals surface area (Å²) in [4.78, 5) is 34.9. The predicted octanol–water partition coefficient (Wildman–Crippen LogP) is 1.09. The Bertz CT molecular complexity index is 511. The van der Waals surface area contributed by atoms with Gasteiger partial charge in [-0.2, -0.15) is 0 Å². The van der Waals surface area contributed by atoms with E-state index >= 15 is 0 Å². The van der Waals surface area contributed by atoms with Crippen molar-refractivity contribution in [2.75, 3.05) is 0 Å². The van der Waals surface area contributed by atoms with E-state index in [4.69, 9.17) is 5.11 Å². The molecule has 0 aromatic heterocycles. The van der Waals surface area contributed by atoms with Crippen LogP contribution in [0.5, 0.6) is 0 Å². The zero-order valence-electron chi connectivity index (χ0n) is 10.5. The van der Waals surface area contributed by atoms with E-state index in [9.17, 15) is 14.4 Å². The van der Waals surface area contributed by atoms with Crippen LogP contribution < -0.4 is 5.32 Å². The molecule has 1 saturated heterocycles. The van der Waals surface area contributed by atoms with E-state index in [2.05, 4.69) is 5.32 Å². The number of Topliss-reactive ketones (excluding diaryl/α,β-unsaturated/α-hetero) is 1. The molecule has 2 N–H and O–H groups in total. The number of rotatable bonds is 3. The summed E-state index contributed by atoms with van der Waals surface area (Å²) in [6.45, 7) is 1.72. The lowest BCUT2D eigenvalue weighted by molar-refractivity contribution is -0.149. The minimum absolute atomic E-state index is 0.0516. The first-order valence-corrected chi connectivity index (χ1v) is 6.13. The van der Waals surface area contributed by atoms with Gasteiger partial charge >= 0.3 is 5.97 Å². The maximum atomic E-state index is 12.3. The minimum atomic E-state index is -1.18. The number of aliphatic carboxylic acids is 1. The lowest BCUT2D eigenvalue weighted by Gasteiger charge is -2.31. The molecule has 5 heteroatoms. The van der Waals surface area contributed by atoms with Crippen molar-refractivity contribution in [2.24, 2.45) is 11.8 Å². The van der Waals surface area contributed by atoms with Crippen molar-refractivity contribution in [3.05, 3.63) is 35.9 Å². The molecular weight excluding hydrogens is 246 g/mol. The number of benzene rings is 1. The third kappa shape index (κ3) is 2.65. The average Bonchev–Trinajstić information content (AvgIpc) is 2.38. The van der Waals surface area contributed by atoms with Crippen LogP contribution in [0.25, 0.3) is 0 Å². The Balaban J connectivity index is 2.21. The third-order valence-corrected chi connectivity index (χ3v) is 3.47. The molecule has 3 unspecified atom stereocenters. The third-order valence-electron chi connectivity index (χ3n) is 3.47. The molecule has 1 aliphatic rings. The second-order valence-electron chi connectivity index (χ2n) is 4.76. The Morgan fingerprint density at radius 2 is 1.89 bits per heavy atom. The largest absolute Gasteiger partial charge is 0.481 e. The quantitative estimate of drug-likeness (QED) is 0.630. The summed E-state index contributed by atoms with van der Waals surface area (Å²) in [5, 5.41) is 11.6. The summed E-state index contributed by atoms with van der Waals surface area (Å²) in [6.07, 6.45) is 0.0516. The van der Waals surface area contributed by atoms with Crippen LogP contribution >= 0.6 is 0 Å². The van der Waals surface area contributed by atoms with Crippen molar-refractivity contribution in [3.63, 3.8) is 0 Å². The average molecular weight is 261 g/mol. The van der Waals surface area contributed by atoms with E-state index in [-0.39, 0.29) is 18.2 Å². The van der Waals surface area contributed by atoms with Crippen molar-refractivity contribution in [3.8, 4) is 0 Å². The lowest BCUT2D eigenvalue weighted by Crippen LogP contribution is -2.52. The number of hydrogen-bond donors (Lipinski definition) is 2. The number of carbonyl (C=O) groups excluding carboxylic acids is 2. The highest BCUT2D eigenvalue weighted by Crippen LogP contribution is 2.25. The van der Waals surface area contributed by atoms with Gasteiger partial charge in [0.2, 0.25) is 5.91 Å². The lowest BCUT2D eigenvalue weighted by atomic mass is 9.80. The van der Waals surface area contributed by atoms with Crippen LogP contribution in [-0.2, 0) is 9.59 Å². The van der Waals surface area contributed by atoms with Crippen LogP contribution in [0.15, 0.2) is 30.3 Å². The molecule has 3 atom stereocenters. The van der Waals surface area contributed by atoms with E-state index in [1.807, 2.05) is 6.07 Å². The van der Waals surface area contributed by atoms with Gasteiger partial charge in [-0.25, -0.2) is 0 Å². The first-order chi connectivity index (χ1) is 9.00. The zero-order chi connectivity index (χ0) is 14.0. The molecule has 100 valence electrons. The normalized spacial score (nSPS) is 26.6. The second kappa shape index (κ2) is 5.22. The monoisotopic (exact) mass is 261 g/mol. The molecule has 19 heavy (non-hydrogen) atoms. The van der Waals surface area contributed by atoms with Gasteiger partial charge < -0.3 is 10.4 Å². The molecule has 5 nitrogen and oxygen atoms in total. The topological polar surface area (TPSA) is 83.5 Å². The molecule has 2 rings (SSSR count). The first-order valence-electron chi connectivity index (χ1n) is 6.13. The molecule has 1 aliphatic heterocycles. The maximum absolute atomic E-state index is 12.3. The van der Waals surface area contributed by atoms with Gasteiger partial charge in [0.05, 0.1) is 0 Å². The molecular formula is C14H15NO4. The molecule has 1 aromatic carbocycles. The number of ketones is 1. The number of carboxylic acid groups (broad SMARTS) is 1. The van der Waals surface area contributed by atoms with Gasteiger partial charge in [0.1, 0.15) is 5.92 Å². The van der Waals surface area contributed by atoms with Gasteiger partial charge in [0.25, 0.3) is 0 Å². The number of hydrogen-bond acceptors (Lipinski definition) is 3.